The van der Waals surface area contributed by atoms with Crippen LogP contribution in [0.1, 0.15) is 50.3 Å². The number of aryl methyl sites for hydroxylation is 2. The van der Waals surface area contributed by atoms with E-state index < -0.39 is 23.3 Å². The van der Waals surface area contributed by atoms with E-state index in [0.717, 1.165) is 25.8 Å². The summed E-state index contributed by atoms with van der Waals surface area (Å²) >= 11 is 0. The van der Waals surface area contributed by atoms with Crippen molar-refractivity contribution < 1.29 is 27.8 Å². The van der Waals surface area contributed by atoms with Crippen molar-refractivity contribution in [2.75, 3.05) is 44.4 Å². The smallest absolute Gasteiger partial charge is 0.319 e. The lowest BCUT2D eigenvalue weighted by atomic mass is 9.94. The van der Waals surface area contributed by atoms with Crippen molar-refractivity contribution >= 4 is 27.5 Å². The third kappa shape index (κ3) is 4.69. The van der Waals surface area contributed by atoms with Gasteiger partial charge in [0.2, 0.25) is 0 Å². The van der Waals surface area contributed by atoms with Crippen LogP contribution >= 0.6 is 0 Å². The van der Waals surface area contributed by atoms with Gasteiger partial charge in [0, 0.05) is 31.7 Å². The number of anilines is 1. The van der Waals surface area contributed by atoms with Crippen LogP contribution < -0.4 is 9.64 Å². The predicted octanol–water partition coefficient (Wildman–Crippen LogP) is 5.89. The average molecular weight is 620 g/mol. The van der Waals surface area contributed by atoms with Gasteiger partial charge in [-0.05, 0) is 79.6 Å². The minimum atomic E-state index is -0.905. The van der Waals surface area contributed by atoms with Gasteiger partial charge < -0.3 is 19.5 Å². The number of aromatic hydroxyl groups is 1. The topological polar surface area (TPSA) is 83.8 Å². The van der Waals surface area contributed by atoms with Gasteiger partial charge in [-0.2, -0.15) is 9.97 Å². The number of ether oxygens (including phenoxy) is 2. The minimum Gasteiger partial charge on any atom is -0.508 e. The number of phenols is 1. The highest BCUT2D eigenvalue weighted by atomic mass is 19.1. The average Bonchev–Trinajstić information content (AvgIpc) is 3.38. The van der Waals surface area contributed by atoms with E-state index in [9.17, 15) is 9.50 Å². The summed E-state index contributed by atoms with van der Waals surface area (Å²) in [6.07, 6.45) is 3.70. The molecule has 3 fully saturated rings. The molecule has 6 heterocycles. The fourth-order valence-electron chi connectivity index (χ4n) is 8.17. The highest BCUT2D eigenvalue weighted by Gasteiger charge is 2.49. The SMILES string of the molecule is CCc1c(F)ccc2cc(O)cc(-c3nc4c5c(nc(OC[C@@]67CCCN6C[C@H](F)C7)nc5c3F)N3CCCOCC3CC4)c12. The maximum absolute atomic E-state index is 17.0. The first-order chi connectivity index (χ1) is 21.8. The summed E-state index contributed by atoms with van der Waals surface area (Å²) in [5.74, 6) is -0.588. The van der Waals surface area contributed by atoms with E-state index in [4.69, 9.17) is 19.4 Å². The Kier molecular flexibility index (Phi) is 7.01. The third-order valence-corrected chi connectivity index (χ3v) is 10.2. The van der Waals surface area contributed by atoms with Crippen molar-refractivity contribution in [3.05, 3.63) is 47.2 Å². The first kappa shape index (κ1) is 28.8. The molecule has 11 heteroatoms. The van der Waals surface area contributed by atoms with Crippen LogP contribution in [-0.4, -0.2) is 82.2 Å². The molecule has 236 valence electrons. The molecular formula is C34H36F3N5O3. The van der Waals surface area contributed by atoms with E-state index in [1.54, 1.807) is 12.1 Å². The van der Waals surface area contributed by atoms with Crippen LogP contribution in [-0.2, 0) is 17.6 Å². The van der Waals surface area contributed by atoms with Crippen LogP contribution in [0.4, 0.5) is 19.0 Å². The number of alkyl halides is 1. The maximum Gasteiger partial charge on any atom is 0.319 e. The number of phenolic OH excluding ortho intramolecular Hbond substituents is 1. The van der Waals surface area contributed by atoms with Crippen molar-refractivity contribution in [3.63, 3.8) is 0 Å². The number of pyridine rings is 1. The van der Waals surface area contributed by atoms with Crippen molar-refractivity contribution in [1.82, 2.24) is 19.9 Å². The molecular weight excluding hydrogens is 583 g/mol. The molecule has 0 spiro atoms. The summed E-state index contributed by atoms with van der Waals surface area (Å²) in [4.78, 5) is 18.8. The molecule has 3 atom stereocenters. The number of hydrogen-bond donors (Lipinski definition) is 1. The second kappa shape index (κ2) is 11.0. The van der Waals surface area contributed by atoms with Crippen molar-refractivity contribution in [1.29, 1.82) is 0 Å². The molecule has 0 bridgehead atoms. The van der Waals surface area contributed by atoms with E-state index in [0.29, 0.717) is 90.8 Å². The second-order valence-corrected chi connectivity index (χ2v) is 12.9. The molecule has 4 aliphatic rings. The van der Waals surface area contributed by atoms with Crippen LogP contribution in [0.2, 0.25) is 0 Å². The Morgan fingerprint density at radius 1 is 1.11 bits per heavy atom. The number of fused-ring (bicyclic) bond motifs is 4. The maximum atomic E-state index is 17.0. The monoisotopic (exact) mass is 619 g/mol. The van der Waals surface area contributed by atoms with Crippen molar-refractivity contribution in [2.45, 2.75) is 69.6 Å². The number of rotatable bonds is 5. The van der Waals surface area contributed by atoms with Crippen molar-refractivity contribution in [3.8, 4) is 23.0 Å². The highest BCUT2D eigenvalue weighted by molar-refractivity contribution is 6.02. The fourth-order valence-corrected chi connectivity index (χ4v) is 8.17. The second-order valence-electron chi connectivity index (χ2n) is 12.9. The molecule has 8 rings (SSSR count). The van der Waals surface area contributed by atoms with Gasteiger partial charge in [-0.15, -0.1) is 0 Å². The highest BCUT2D eigenvalue weighted by Crippen LogP contribution is 2.43. The quantitative estimate of drug-likeness (QED) is 0.296. The largest absolute Gasteiger partial charge is 0.508 e. The van der Waals surface area contributed by atoms with E-state index in [1.165, 1.54) is 12.1 Å². The number of nitrogens with zero attached hydrogens (tertiary/aromatic N) is 5. The van der Waals surface area contributed by atoms with E-state index >= 15 is 8.78 Å². The molecule has 2 aromatic carbocycles. The number of halogens is 3. The van der Waals surface area contributed by atoms with Gasteiger partial charge in [0.05, 0.1) is 29.3 Å². The molecule has 1 unspecified atom stereocenters. The summed E-state index contributed by atoms with van der Waals surface area (Å²) in [6.45, 7) is 5.10. The van der Waals surface area contributed by atoms with E-state index in [2.05, 4.69) is 14.8 Å². The number of benzene rings is 2. The Morgan fingerprint density at radius 2 is 2.00 bits per heavy atom. The Balaban J connectivity index is 1.33. The molecule has 2 aromatic heterocycles. The summed E-state index contributed by atoms with van der Waals surface area (Å²) < 4.78 is 58.8. The molecule has 4 aliphatic heterocycles. The lowest BCUT2D eigenvalue weighted by Crippen LogP contribution is -2.43. The first-order valence-electron chi connectivity index (χ1n) is 16.1. The van der Waals surface area contributed by atoms with Crippen LogP contribution in [0.5, 0.6) is 11.8 Å². The molecule has 3 saturated heterocycles. The van der Waals surface area contributed by atoms with Crippen LogP contribution in [0.15, 0.2) is 24.3 Å². The van der Waals surface area contributed by atoms with Crippen molar-refractivity contribution in [2.24, 2.45) is 0 Å². The first-order valence-corrected chi connectivity index (χ1v) is 16.1. The van der Waals surface area contributed by atoms with Gasteiger partial charge in [0.15, 0.2) is 5.82 Å². The Hall–Kier alpha value is -3.70. The number of aromatic nitrogens is 3. The van der Waals surface area contributed by atoms with E-state index in [1.807, 2.05) is 6.92 Å². The standard InChI is InChI=1S/C34H36F3N5O3/c1-2-23-25(36)7-5-19-13-22(43)14-24(27(19)23)30-29(37)31-28-26(38-30)8-6-21-17-44-12-4-11-42(21)32(28)40-33(39-31)45-18-34-9-3-10-41(34)16-20(35)15-34/h5,7,13-14,20-21,43H,2-4,6,8-12,15-18H2,1H3/t20-,21?,34+/m1/s1. The van der Waals surface area contributed by atoms with Gasteiger partial charge in [-0.25, -0.2) is 18.2 Å². The molecule has 0 saturated carbocycles. The predicted molar refractivity (Wildman–Crippen MR) is 165 cm³/mol. The summed E-state index contributed by atoms with van der Waals surface area (Å²) in [7, 11) is 0. The van der Waals surface area contributed by atoms with Crippen LogP contribution in [0, 0.1) is 11.6 Å². The number of hydrogen-bond acceptors (Lipinski definition) is 8. The van der Waals surface area contributed by atoms with Gasteiger partial charge in [0.25, 0.3) is 0 Å². The van der Waals surface area contributed by atoms with Gasteiger partial charge in [-0.1, -0.05) is 13.0 Å². The summed E-state index contributed by atoms with van der Waals surface area (Å²) in [5.41, 5.74) is 1.03. The molecule has 4 aromatic rings. The molecule has 0 radical (unpaired) electrons. The Bertz CT molecular complexity index is 1820. The molecule has 0 aliphatic carbocycles. The van der Waals surface area contributed by atoms with Gasteiger partial charge in [0.1, 0.15) is 41.4 Å². The normalized spacial score (nSPS) is 24.9. The molecule has 8 nitrogen and oxygen atoms in total. The molecule has 1 N–H and O–H groups in total. The van der Waals surface area contributed by atoms with Crippen LogP contribution in [0.25, 0.3) is 32.9 Å². The lowest BCUT2D eigenvalue weighted by molar-refractivity contribution is 0.107. The zero-order valence-corrected chi connectivity index (χ0v) is 25.3. The van der Waals surface area contributed by atoms with Gasteiger partial charge in [-0.3, -0.25) is 4.90 Å². The Labute approximate surface area is 259 Å². The fraction of sp³-hybridized carbons (Fsp3) is 0.500. The molecule has 0 amide bonds. The van der Waals surface area contributed by atoms with Crippen LogP contribution in [0.3, 0.4) is 0 Å². The Morgan fingerprint density at radius 3 is 2.87 bits per heavy atom. The zero-order chi connectivity index (χ0) is 30.9. The van der Waals surface area contributed by atoms with Gasteiger partial charge >= 0.3 is 6.01 Å². The summed E-state index contributed by atoms with van der Waals surface area (Å²) in [6, 6.07) is 6.00. The minimum absolute atomic E-state index is 0.000676. The summed E-state index contributed by atoms with van der Waals surface area (Å²) in [5, 5.41) is 12.3. The third-order valence-electron chi connectivity index (χ3n) is 10.2. The molecule has 45 heavy (non-hydrogen) atoms. The lowest BCUT2D eigenvalue weighted by Gasteiger charge is -2.31. The zero-order valence-electron chi connectivity index (χ0n) is 25.3. The van der Waals surface area contributed by atoms with E-state index in [-0.39, 0.29) is 35.6 Å².